The minimum atomic E-state index is -0.408. The lowest BCUT2D eigenvalue weighted by atomic mass is 10.2. The first-order chi connectivity index (χ1) is 14.7. The van der Waals surface area contributed by atoms with Gasteiger partial charge in [-0.3, -0.25) is 19.6 Å². The van der Waals surface area contributed by atoms with E-state index in [9.17, 15) is 9.59 Å². The summed E-state index contributed by atoms with van der Waals surface area (Å²) in [5.74, 6) is 0.577. The second kappa shape index (κ2) is 8.83. The summed E-state index contributed by atoms with van der Waals surface area (Å²) in [7, 11) is 0. The molecule has 0 saturated carbocycles. The average Bonchev–Trinajstić information content (AvgIpc) is 2.78. The van der Waals surface area contributed by atoms with Gasteiger partial charge in [-0.2, -0.15) is 0 Å². The van der Waals surface area contributed by atoms with Gasteiger partial charge >= 0.3 is 0 Å². The summed E-state index contributed by atoms with van der Waals surface area (Å²) >= 11 is 0. The van der Waals surface area contributed by atoms with E-state index in [1.807, 2.05) is 48.5 Å². The van der Waals surface area contributed by atoms with Crippen molar-refractivity contribution in [3.05, 3.63) is 121 Å². The van der Waals surface area contributed by atoms with Gasteiger partial charge < -0.3 is 14.7 Å². The Morgan fingerprint density at radius 2 is 1.53 bits per heavy atom. The summed E-state index contributed by atoms with van der Waals surface area (Å²) in [5.41, 5.74) is 1.35. The topological polar surface area (TPSA) is 101 Å². The predicted octanol–water partition coefficient (Wildman–Crippen LogP) is 1.09. The van der Waals surface area contributed by atoms with E-state index in [2.05, 4.69) is 19.9 Å². The van der Waals surface area contributed by atoms with Crippen molar-refractivity contribution in [3.63, 3.8) is 0 Å². The van der Waals surface area contributed by atoms with Gasteiger partial charge in [0.25, 0.3) is 11.1 Å². The molecule has 148 valence electrons. The van der Waals surface area contributed by atoms with E-state index in [4.69, 9.17) is 4.74 Å². The quantitative estimate of drug-likeness (QED) is 0.524. The molecule has 3 aromatic heterocycles. The highest BCUT2D eigenvalue weighted by molar-refractivity contribution is 5.48. The van der Waals surface area contributed by atoms with Crippen LogP contribution in [0.25, 0.3) is 12.2 Å². The molecule has 7 nitrogen and oxygen atoms in total. The first-order valence-corrected chi connectivity index (χ1v) is 9.27. The maximum absolute atomic E-state index is 12.4. The van der Waals surface area contributed by atoms with Crippen molar-refractivity contribution in [3.8, 4) is 5.75 Å². The first-order valence-electron chi connectivity index (χ1n) is 9.27. The number of hydrogen-bond acceptors (Lipinski definition) is 5. The molecule has 1 aromatic carbocycles. The van der Waals surface area contributed by atoms with Gasteiger partial charge in [-0.1, -0.05) is 36.4 Å². The van der Waals surface area contributed by atoms with E-state index in [0.29, 0.717) is 18.1 Å². The number of benzene rings is 1. The smallest absolute Gasteiger partial charge is 0.272 e. The molecule has 0 amide bonds. The summed E-state index contributed by atoms with van der Waals surface area (Å²) < 4.78 is 5.64. The van der Waals surface area contributed by atoms with Crippen molar-refractivity contribution in [2.24, 2.45) is 0 Å². The standard InChI is InChI=1S/C23H18N4O3/c28-22-20(12-16-6-2-1-3-7-16)26-23(29)21(27-22)13-17-9-10-19(14-25-17)30-15-18-8-4-5-11-24-18/h1-14H,15H2,(H,26,29)(H,27,28)/b20-12-,21-13-. The van der Waals surface area contributed by atoms with Crippen LogP contribution in [0.4, 0.5) is 0 Å². The van der Waals surface area contributed by atoms with Gasteiger partial charge in [0.1, 0.15) is 23.1 Å². The van der Waals surface area contributed by atoms with Crippen LogP contribution in [0.15, 0.2) is 82.6 Å². The van der Waals surface area contributed by atoms with Crippen LogP contribution in [0.2, 0.25) is 0 Å². The van der Waals surface area contributed by atoms with Crippen molar-refractivity contribution in [2.75, 3.05) is 0 Å². The van der Waals surface area contributed by atoms with Gasteiger partial charge in [0.05, 0.1) is 17.6 Å². The number of aromatic amines is 2. The van der Waals surface area contributed by atoms with Crippen LogP contribution in [-0.4, -0.2) is 19.9 Å². The van der Waals surface area contributed by atoms with Crippen molar-refractivity contribution in [1.29, 1.82) is 0 Å². The Hall–Kier alpha value is -4.26. The number of hydrogen-bond donors (Lipinski definition) is 2. The third-order valence-electron chi connectivity index (χ3n) is 4.26. The van der Waals surface area contributed by atoms with Crippen molar-refractivity contribution >= 4 is 12.2 Å². The Morgan fingerprint density at radius 3 is 2.20 bits per heavy atom. The van der Waals surface area contributed by atoms with Crippen molar-refractivity contribution in [2.45, 2.75) is 6.61 Å². The zero-order valence-electron chi connectivity index (χ0n) is 15.9. The van der Waals surface area contributed by atoms with Gasteiger partial charge in [-0.05, 0) is 42.0 Å². The van der Waals surface area contributed by atoms with Crippen LogP contribution in [0.1, 0.15) is 17.0 Å². The van der Waals surface area contributed by atoms with E-state index in [0.717, 1.165) is 11.3 Å². The second-order valence-corrected chi connectivity index (χ2v) is 6.46. The number of aromatic nitrogens is 4. The van der Waals surface area contributed by atoms with Crippen molar-refractivity contribution < 1.29 is 4.74 Å². The molecule has 4 rings (SSSR count). The summed E-state index contributed by atoms with van der Waals surface area (Å²) in [6.07, 6.45) is 6.39. The highest BCUT2D eigenvalue weighted by Crippen LogP contribution is 2.11. The molecule has 0 fully saturated rings. The van der Waals surface area contributed by atoms with E-state index >= 15 is 0 Å². The summed E-state index contributed by atoms with van der Waals surface area (Å²) in [6, 6.07) is 18.3. The van der Waals surface area contributed by atoms with Gasteiger partial charge in [0, 0.05) is 6.20 Å². The van der Waals surface area contributed by atoms with Crippen LogP contribution in [0.5, 0.6) is 5.75 Å². The fraction of sp³-hybridized carbons (Fsp3) is 0.0435. The lowest BCUT2D eigenvalue weighted by Crippen LogP contribution is -2.46. The molecule has 2 N–H and O–H groups in total. The molecule has 0 aliphatic rings. The van der Waals surface area contributed by atoms with E-state index < -0.39 is 5.56 Å². The van der Waals surface area contributed by atoms with Crippen LogP contribution in [0.3, 0.4) is 0 Å². The SMILES string of the molecule is O=c1[nH]/c(=C\c2ccc(OCc3ccccn3)cn2)c(=O)[nH]/c1=C\c1ccccc1. The lowest BCUT2D eigenvalue weighted by molar-refractivity contribution is 0.300. The second-order valence-electron chi connectivity index (χ2n) is 6.46. The van der Waals surface area contributed by atoms with Gasteiger partial charge in [-0.15, -0.1) is 0 Å². The number of pyridine rings is 2. The molecule has 0 aliphatic carbocycles. The molecule has 0 unspecified atom stereocenters. The molecule has 0 saturated heterocycles. The number of rotatable bonds is 5. The van der Waals surface area contributed by atoms with Crippen LogP contribution in [0, 0.1) is 0 Å². The molecule has 30 heavy (non-hydrogen) atoms. The predicted molar refractivity (Wildman–Crippen MR) is 113 cm³/mol. The van der Waals surface area contributed by atoms with E-state index in [-0.39, 0.29) is 16.3 Å². The highest BCUT2D eigenvalue weighted by Gasteiger charge is 2.00. The number of nitrogens with one attached hydrogen (secondary N) is 2. The maximum atomic E-state index is 12.4. The third kappa shape index (κ3) is 4.77. The average molecular weight is 398 g/mol. The Bertz CT molecular complexity index is 1360. The molecular formula is C23H18N4O3. The first kappa shape index (κ1) is 19.1. The molecule has 0 atom stereocenters. The Labute approximate surface area is 171 Å². The minimum absolute atomic E-state index is 0.125. The summed E-state index contributed by atoms with van der Waals surface area (Å²) in [5, 5.41) is 0.314. The van der Waals surface area contributed by atoms with Gasteiger partial charge in [-0.25, -0.2) is 0 Å². The zero-order chi connectivity index (χ0) is 20.8. The fourth-order valence-electron chi connectivity index (χ4n) is 2.76. The Balaban J connectivity index is 1.56. The molecule has 0 bridgehead atoms. The molecule has 0 aliphatic heterocycles. The Morgan fingerprint density at radius 1 is 0.800 bits per heavy atom. The molecule has 3 heterocycles. The number of ether oxygens (including phenoxy) is 1. The molecule has 7 heteroatoms. The molecule has 4 aromatic rings. The largest absolute Gasteiger partial charge is 0.486 e. The monoisotopic (exact) mass is 398 g/mol. The van der Waals surface area contributed by atoms with Crippen LogP contribution >= 0.6 is 0 Å². The zero-order valence-corrected chi connectivity index (χ0v) is 15.9. The lowest BCUT2D eigenvalue weighted by Gasteiger charge is -2.05. The molecule has 0 radical (unpaired) electrons. The van der Waals surface area contributed by atoms with Crippen LogP contribution in [-0.2, 0) is 6.61 Å². The fourth-order valence-corrected chi connectivity index (χ4v) is 2.76. The van der Waals surface area contributed by atoms with E-state index in [1.54, 1.807) is 30.6 Å². The van der Waals surface area contributed by atoms with Crippen LogP contribution < -0.4 is 26.6 Å². The molecule has 0 spiro atoms. The van der Waals surface area contributed by atoms with E-state index in [1.165, 1.54) is 6.08 Å². The summed E-state index contributed by atoms with van der Waals surface area (Å²) in [4.78, 5) is 38.4. The van der Waals surface area contributed by atoms with Crippen molar-refractivity contribution in [1.82, 2.24) is 19.9 Å². The Kier molecular flexibility index (Phi) is 5.61. The normalized spacial score (nSPS) is 12.1. The minimum Gasteiger partial charge on any atom is -0.486 e. The maximum Gasteiger partial charge on any atom is 0.272 e. The number of H-pyrrole nitrogens is 2. The third-order valence-corrected chi connectivity index (χ3v) is 4.26. The summed E-state index contributed by atoms with van der Waals surface area (Å²) in [6.45, 7) is 0.331. The van der Waals surface area contributed by atoms with Gasteiger partial charge in [0.2, 0.25) is 0 Å². The highest BCUT2D eigenvalue weighted by atomic mass is 16.5. The molecular weight excluding hydrogens is 380 g/mol. The van der Waals surface area contributed by atoms with Gasteiger partial charge in [0.15, 0.2) is 0 Å². The number of nitrogens with zero attached hydrogens (tertiary/aromatic N) is 2.